The Morgan fingerprint density at radius 1 is 1.00 bits per heavy atom. The monoisotopic (exact) mass is 376 g/mol. The van der Waals surface area contributed by atoms with Crippen LogP contribution in [0.3, 0.4) is 0 Å². The fourth-order valence-corrected chi connectivity index (χ4v) is 2.43. The van der Waals surface area contributed by atoms with E-state index in [4.69, 9.17) is 4.74 Å². The Balaban J connectivity index is 1.68. The molecule has 3 aromatic rings. The van der Waals surface area contributed by atoms with Gasteiger partial charge in [0.1, 0.15) is 12.4 Å². The molecule has 2 aromatic carbocycles. The van der Waals surface area contributed by atoms with Gasteiger partial charge in [-0.25, -0.2) is 4.68 Å². The van der Waals surface area contributed by atoms with Crippen molar-refractivity contribution >= 4 is 22.6 Å². The lowest BCUT2D eigenvalue weighted by Crippen LogP contribution is -1.98. The van der Waals surface area contributed by atoms with E-state index in [2.05, 4.69) is 39.8 Å². The van der Waals surface area contributed by atoms with Gasteiger partial charge in [-0.2, -0.15) is 5.10 Å². The van der Waals surface area contributed by atoms with Crippen molar-refractivity contribution in [3.63, 3.8) is 0 Å². The highest BCUT2D eigenvalue weighted by molar-refractivity contribution is 14.1. The predicted octanol–water partition coefficient (Wildman–Crippen LogP) is 4.06. The van der Waals surface area contributed by atoms with Gasteiger partial charge in [0.15, 0.2) is 0 Å². The van der Waals surface area contributed by atoms with Gasteiger partial charge in [-0.15, -0.1) is 0 Å². The number of rotatable bonds is 4. The van der Waals surface area contributed by atoms with Crippen molar-refractivity contribution in [2.24, 2.45) is 0 Å². The van der Waals surface area contributed by atoms with Crippen molar-refractivity contribution in [3.05, 3.63) is 76.1 Å². The van der Waals surface area contributed by atoms with Crippen LogP contribution in [0, 0.1) is 3.57 Å². The zero-order chi connectivity index (χ0) is 13.8. The molecule has 3 rings (SSSR count). The van der Waals surface area contributed by atoms with Gasteiger partial charge >= 0.3 is 0 Å². The summed E-state index contributed by atoms with van der Waals surface area (Å²) in [6.45, 7) is 0.569. The van der Waals surface area contributed by atoms with Crippen LogP contribution in [0.15, 0.2) is 67.0 Å². The van der Waals surface area contributed by atoms with Crippen molar-refractivity contribution in [1.29, 1.82) is 0 Å². The average molecular weight is 376 g/mol. The molecule has 100 valence electrons. The molecule has 0 saturated carbocycles. The minimum atomic E-state index is 0.569. The SMILES string of the molecule is Ic1ccccc1OCc1ccc(-n2cccn2)cc1. The number of benzene rings is 2. The zero-order valence-electron chi connectivity index (χ0n) is 10.7. The van der Waals surface area contributed by atoms with E-state index in [1.807, 2.05) is 53.3 Å². The van der Waals surface area contributed by atoms with Crippen LogP contribution in [0.1, 0.15) is 5.56 Å². The average Bonchev–Trinajstić information content (AvgIpc) is 3.01. The molecule has 0 aliphatic rings. The van der Waals surface area contributed by atoms with Gasteiger partial charge in [-0.3, -0.25) is 0 Å². The van der Waals surface area contributed by atoms with Gasteiger partial charge in [0, 0.05) is 12.4 Å². The zero-order valence-corrected chi connectivity index (χ0v) is 12.9. The first-order valence-electron chi connectivity index (χ1n) is 6.29. The van der Waals surface area contributed by atoms with E-state index in [0.717, 1.165) is 20.6 Å². The Bertz CT molecular complexity index is 678. The molecule has 0 spiro atoms. The molecule has 0 radical (unpaired) electrons. The van der Waals surface area contributed by atoms with Gasteiger partial charge in [0.25, 0.3) is 0 Å². The molecule has 4 heteroatoms. The molecule has 20 heavy (non-hydrogen) atoms. The molecule has 0 atom stereocenters. The van der Waals surface area contributed by atoms with Crippen LogP contribution in [0.25, 0.3) is 5.69 Å². The highest BCUT2D eigenvalue weighted by Crippen LogP contribution is 2.21. The van der Waals surface area contributed by atoms with Crippen LogP contribution >= 0.6 is 22.6 Å². The van der Waals surface area contributed by atoms with Crippen LogP contribution in [0.5, 0.6) is 5.75 Å². The van der Waals surface area contributed by atoms with E-state index >= 15 is 0 Å². The first-order chi connectivity index (χ1) is 9.83. The molecule has 0 fully saturated rings. The predicted molar refractivity (Wildman–Crippen MR) is 87.1 cm³/mol. The molecule has 0 N–H and O–H groups in total. The summed E-state index contributed by atoms with van der Waals surface area (Å²) in [5, 5.41) is 4.21. The van der Waals surface area contributed by atoms with Crippen molar-refractivity contribution in [1.82, 2.24) is 9.78 Å². The molecule has 1 aromatic heterocycles. The summed E-state index contributed by atoms with van der Waals surface area (Å²) in [6.07, 6.45) is 3.70. The van der Waals surface area contributed by atoms with E-state index in [9.17, 15) is 0 Å². The maximum absolute atomic E-state index is 5.82. The number of ether oxygens (including phenoxy) is 1. The molecule has 1 heterocycles. The Kier molecular flexibility index (Phi) is 4.01. The third-order valence-corrected chi connectivity index (χ3v) is 3.83. The maximum Gasteiger partial charge on any atom is 0.133 e. The van der Waals surface area contributed by atoms with Gasteiger partial charge in [0.2, 0.25) is 0 Å². The molecular weight excluding hydrogens is 363 g/mol. The first-order valence-corrected chi connectivity index (χ1v) is 7.37. The smallest absolute Gasteiger partial charge is 0.133 e. The summed E-state index contributed by atoms with van der Waals surface area (Å²) in [5.74, 6) is 0.921. The Hall–Kier alpha value is -1.82. The summed E-state index contributed by atoms with van der Waals surface area (Å²) in [7, 11) is 0. The summed E-state index contributed by atoms with van der Waals surface area (Å²) < 4.78 is 8.78. The van der Waals surface area contributed by atoms with Gasteiger partial charge in [-0.05, 0) is 58.5 Å². The van der Waals surface area contributed by atoms with Gasteiger partial charge < -0.3 is 4.74 Å². The molecule has 0 aliphatic carbocycles. The lowest BCUT2D eigenvalue weighted by Gasteiger charge is -2.08. The number of hydrogen-bond acceptors (Lipinski definition) is 2. The Labute approximate surface area is 131 Å². The topological polar surface area (TPSA) is 27.1 Å². The van der Waals surface area contributed by atoms with Crippen molar-refractivity contribution in [3.8, 4) is 11.4 Å². The third-order valence-electron chi connectivity index (χ3n) is 2.94. The lowest BCUT2D eigenvalue weighted by molar-refractivity contribution is 0.304. The molecule has 0 bridgehead atoms. The molecule has 0 saturated heterocycles. The van der Waals surface area contributed by atoms with Crippen molar-refractivity contribution in [2.75, 3.05) is 0 Å². The minimum Gasteiger partial charge on any atom is -0.488 e. The Morgan fingerprint density at radius 3 is 2.50 bits per heavy atom. The van der Waals surface area contributed by atoms with Gasteiger partial charge in [0.05, 0.1) is 9.26 Å². The molecule has 0 unspecified atom stereocenters. The standard InChI is InChI=1S/C16H13IN2O/c17-15-4-1-2-5-16(15)20-12-13-6-8-14(9-7-13)19-11-3-10-18-19/h1-11H,12H2. The minimum absolute atomic E-state index is 0.569. The highest BCUT2D eigenvalue weighted by atomic mass is 127. The first kappa shape index (κ1) is 13.2. The molecular formula is C16H13IN2O. The van der Waals surface area contributed by atoms with E-state index in [1.165, 1.54) is 0 Å². The normalized spacial score (nSPS) is 10.4. The van der Waals surface area contributed by atoms with E-state index in [-0.39, 0.29) is 0 Å². The van der Waals surface area contributed by atoms with Crippen molar-refractivity contribution in [2.45, 2.75) is 6.61 Å². The number of aromatic nitrogens is 2. The van der Waals surface area contributed by atoms with E-state index in [0.29, 0.717) is 6.61 Å². The van der Waals surface area contributed by atoms with Crippen LogP contribution in [-0.4, -0.2) is 9.78 Å². The quantitative estimate of drug-likeness (QED) is 0.643. The van der Waals surface area contributed by atoms with E-state index in [1.54, 1.807) is 6.20 Å². The molecule has 0 amide bonds. The molecule has 0 aliphatic heterocycles. The summed E-state index contributed by atoms with van der Waals surface area (Å²) in [6, 6.07) is 18.1. The van der Waals surface area contributed by atoms with Crippen LogP contribution in [-0.2, 0) is 6.61 Å². The van der Waals surface area contributed by atoms with Crippen LogP contribution in [0.4, 0.5) is 0 Å². The third kappa shape index (κ3) is 3.01. The number of hydrogen-bond donors (Lipinski definition) is 0. The highest BCUT2D eigenvalue weighted by Gasteiger charge is 2.01. The van der Waals surface area contributed by atoms with Crippen molar-refractivity contribution < 1.29 is 4.74 Å². The summed E-state index contributed by atoms with van der Waals surface area (Å²) in [4.78, 5) is 0. The summed E-state index contributed by atoms with van der Waals surface area (Å²) in [5.41, 5.74) is 2.19. The molecule has 3 nitrogen and oxygen atoms in total. The Morgan fingerprint density at radius 2 is 1.80 bits per heavy atom. The summed E-state index contributed by atoms with van der Waals surface area (Å²) >= 11 is 2.28. The number of halogens is 1. The second-order valence-corrected chi connectivity index (χ2v) is 5.50. The van der Waals surface area contributed by atoms with Crippen LogP contribution < -0.4 is 4.74 Å². The van der Waals surface area contributed by atoms with Gasteiger partial charge in [-0.1, -0.05) is 24.3 Å². The largest absolute Gasteiger partial charge is 0.488 e. The van der Waals surface area contributed by atoms with E-state index < -0.39 is 0 Å². The lowest BCUT2D eigenvalue weighted by atomic mass is 10.2. The fraction of sp³-hybridized carbons (Fsp3) is 0.0625. The fourth-order valence-electron chi connectivity index (χ4n) is 1.89. The number of para-hydroxylation sites is 1. The second-order valence-electron chi connectivity index (χ2n) is 4.34. The second kappa shape index (κ2) is 6.09. The maximum atomic E-state index is 5.82. The number of nitrogens with zero attached hydrogens (tertiary/aromatic N) is 2. The van der Waals surface area contributed by atoms with Crippen LogP contribution in [0.2, 0.25) is 0 Å².